The van der Waals surface area contributed by atoms with E-state index < -0.39 is 10.0 Å². The van der Waals surface area contributed by atoms with Gasteiger partial charge >= 0.3 is 0 Å². The number of nitrogens with one attached hydrogen (secondary N) is 1. The van der Waals surface area contributed by atoms with Crippen molar-refractivity contribution in [2.45, 2.75) is 18.9 Å². The lowest BCUT2D eigenvalue weighted by Gasteiger charge is -2.20. The minimum absolute atomic E-state index is 0.122. The Kier molecular flexibility index (Phi) is 5.07. The summed E-state index contributed by atoms with van der Waals surface area (Å²) < 4.78 is 24.8. The first-order valence-corrected chi connectivity index (χ1v) is 8.78. The lowest BCUT2D eigenvalue weighted by molar-refractivity contribution is 0.483. The zero-order chi connectivity index (χ0) is 14.8. The fourth-order valence-corrected chi connectivity index (χ4v) is 3.05. The first kappa shape index (κ1) is 15.8. The van der Waals surface area contributed by atoms with E-state index in [9.17, 15) is 8.42 Å². The van der Waals surface area contributed by atoms with Crippen molar-refractivity contribution >= 4 is 21.6 Å². The molecule has 2 rings (SSSR count). The second-order valence-electron chi connectivity index (χ2n) is 5.42. The van der Waals surface area contributed by atoms with Crippen LogP contribution < -0.4 is 5.32 Å². The third kappa shape index (κ3) is 4.19. The van der Waals surface area contributed by atoms with Crippen LogP contribution in [0.5, 0.6) is 0 Å². The Labute approximate surface area is 126 Å². The van der Waals surface area contributed by atoms with Gasteiger partial charge in [0.1, 0.15) is 0 Å². The minimum atomic E-state index is -3.14. The molecule has 0 heterocycles. The van der Waals surface area contributed by atoms with Crippen molar-refractivity contribution in [1.82, 2.24) is 9.62 Å². The van der Waals surface area contributed by atoms with Gasteiger partial charge in [-0.2, -0.15) is 0 Å². The molecular formula is C14H21ClN2O2S. The molecule has 1 atom stereocenters. The van der Waals surface area contributed by atoms with Crippen LogP contribution in [0.1, 0.15) is 24.4 Å². The van der Waals surface area contributed by atoms with Gasteiger partial charge in [0.2, 0.25) is 10.0 Å². The van der Waals surface area contributed by atoms with Crippen LogP contribution in [0.2, 0.25) is 5.02 Å². The molecule has 1 unspecified atom stereocenters. The first-order valence-electron chi connectivity index (χ1n) is 6.79. The quantitative estimate of drug-likeness (QED) is 0.839. The highest BCUT2D eigenvalue weighted by Crippen LogP contribution is 2.41. The topological polar surface area (TPSA) is 49.4 Å². The predicted molar refractivity (Wildman–Crippen MR) is 82.4 cm³/mol. The van der Waals surface area contributed by atoms with E-state index in [4.69, 9.17) is 11.6 Å². The van der Waals surface area contributed by atoms with Crippen LogP contribution in [0.25, 0.3) is 0 Å². The molecule has 112 valence electrons. The molecular weight excluding hydrogens is 296 g/mol. The monoisotopic (exact) mass is 316 g/mol. The number of halogens is 1. The average Bonchev–Trinajstić information content (AvgIpc) is 3.20. The predicted octanol–water partition coefficient (Wildman–Crippen LogP) is 2.27. The van der Waals surface area contributed by atoms with Crippen LogP contribution in [0.3, 0.4) is 0 Å². The van der Waals surface area contributed by atoms with Crippen LogP contribution in [-0.2, 0) is 10.0 Å². The fraction of sp³-hybridized carbons (Fsp3) is 0.571. The molecule has 0 aromatic heterocycles. The molecule has 1 aromatic rings. The van der Waals surface area contributed by atoms with Crippen LogP contribution in [0.15, 0.2) is 24.3 Å². The van der Waals surface area contributed by atoms with Crippen molar-refractivity contribution in [3.8, 4) is 0 Å². The van der Waals surface area contributed by atoms with Crippen molar-refractivity contribution in [2.75, 3.05) is 26.4 Å². The number of nitrogens with zero attached hydrogens (tertiary/aromatic N) is 1. The number of rotatable bonds is 7. The molecule has 1 aliphatic rings. The lowest BCUT2D eigenvalue weighted by atomic mass is 10.0. The van der Waals surface area contributed by atoms with E-state index in [0.29, 0.717) is 12.5 Å². The van der Waals surface area contributed by atoms with Crippen molar-refractivity contribution < 1.29 is 8.42 Å². The number of sulfonamides is 1. The third-order valence-electron chi connectivity index (χ3n) is 3.60. The van der Waals surface area contributed by atoms with Gasteiger partial charge in [-0.25, -0.2) is 12.7 Å². The molecule has 0 aliphatic heterocycles. The van der Waals surface area contributed by atoms with E-state index in [-0.39, 0.29) is 11.8 Å². The van der Waals surface area contributed by atoms with Gasteiger partial charge in [0.15, 0.2) is 0 Å². The molecule has 0 radical (unpaired) electrons. The van der Waals surface area contributed by atoms with Gasteiger partial charge < -0.3 is 5.32 Å². The molecule has 0 spiro atoms. The van der Waals surface area contributed by atoms with Crippen LogP contribution in [-0.4, -0.2) is 39.1 Å². The van der Waals surface area contributed by atoms with E-state index in [1.807, 2.05) is 24.3 Å². The maximum absolute atomic E-state index is 11.7. The van der Waals surface area contributed by atoms with E-state index in [1.54, 1.807) is 14.1 Å². The van der Waals surface area contributed by atoms with Gasteiger partial charge in [0.05, 0.1) is 5.75 Å². The maximum Gasteiger partial charge on any atom is 0.214 e. The Bertz CT molecular complexity index is 539. The summed E-state index contributed by atoms with van der Waals surface area (Å²) in [6.45, 7) is 0.463. The minimum Gasteiger partial charge on any atom is -0.309 e. The Hall–Kier alpha value is -0.620. The smallest absolute Gasteiger partial charge is 0.214 e. The van der Waals surface area contributed by atoms with E-state index in [0.717, 1.165) is 5.02 Å². The summed E-state index contributed by atoms with van der Waals surface area (Å²) in [5, 5.41) is 4.10. The molecule has 0 saturated heterocycles. The molecule has 20 heavy (non-hydrogen) atoms. The summed E-state index contributed by atoms with van der Waals surface area (Å²) >= 11 is 5.91. The summed E-state index contributed by atoms with van der Waals surface area (Å²) in [7, 11) is -0.0135. The number of hydrogen-bond donors (Lipinski definition) is 1. The molecule has 1 saturated carbocycles. The Morgan fingerprint density at radius 3 is 2.40 bits per heavy atom. The van der Waals surface area contributed by atoms with Crippen molar-refractivity contribution in [1.29, 1.82) is 0 Å². The Morgan fingerprint density at radius 2 is 1.90 bits per heavy atom. The van der Waals surface area contributed by atoms with Gasteiger partial charge in [0.25, 0.3) is 0 Å². The largest absolute Gasteiger partial charge is 0.309 e. The normalized spacial score (nSPS) is 17.4. The summed E-state index contributed by atoms with van der Waals surface area (Å²) in [5.41, 5.74) is 1.18. The third-order valence-corrected chi connectivity index (χ3v) is 5.69. The Morgan fingerprint density at radius 1 is 1.30 bits per heavy atom. The standard InChI is InChI=1S/C14H21ClN2O2S/c1-17(2)20(18,19)10-9-16-14(11-3-4-11)12-5-7-13(15)8-6-12/h5-8,11,14,16H,3-4,9-10H2,1-2H3. The van der Waals surface area contributed by atoms with Crippen molar-refractivity contribution in [3.63, 3.8) is 0 Å². The summed E-state index contributed by atoms with van der Waals surface area (Å²) in [6.07, 6.45) is 2.39. The molecule has 4 nitrogen and oxygen atoms in total. The van der Waals surface area contributed by atoms with Gasteiger partial charge in [-0.05, 0) is 36.5 Å². The lowest BCUT2D eigenvalue weighted by Crippen LogP contribution is -2.33. The van der Waals surface area contributed by atoms with Crippen LogP contribution in [0.4, 0.5) is 0 Å². The summed E-state index contributed by atoms with van der Waals surface area (Å²) in [6, 6.07) is 8.01. The molecule has 1 fully saturated rings. The zero-order valence-corrected chi connectivity index (χ0v) is 13.4. The second-order valence-corrected chi connectivity index (χ2v) is 8.16. The van der Waals surface area contributed by atoms with Crippen LogP contribution in [0, 0.1) is 5.92 Å². The van der Waals surface area contributed by atoms with E-state index in [1.165, 1.54) is 22.7 Å². The Balaban J connectivity index is 1.96. The van der Waals surface area contributed by atoms with Gasteiger partial charge in [-0.15, -0.1) is 0 Å². The highest BCUT2D eigenvalue weighted by Gasteiger charge is 2.32. The number of hydrogen-bond acceptors (Lipinski definition) is 3. The molecule has 1 aliphatic carbocycles. The number of benzene rings is 1. The van der Waals surface area contributed by atoms with Crippen molar-refractivity contribution in [3.05, 3.63) is 34.9 Å². The summed E-state index contributed by atoms with van der Waals surface area (Å²) in [5.74, 6) is 0.731. The maximum atomic E-state index is 11.7. The van der Waals surface area contributed by atoms with Gasteiger partial charge in [0, 0.05) is 31.7 Å². The SMILES string of the molecule is CN(C)S(=O)(=O)CCNC(c1ccc(Cl)cc1)C1CC1. The first-order chi connectivity index (χ1) is 9.40. The van der Waals surface area contributed by atoms with Crippen molar-refractivity contribution in [2.24, 2.45) is 5.92 Å². The second kappa shape index (κ2) is 6.43. The highest BCUT2D eigenvalue weighted by molar-refractivity contribution is 7.89. The zero-order valence-electron chi connectivity index (χ0n) is 11.8. The van der Waals surface area contributed by atoms with Crippen LogP contribution >= 0.6 is 11.6 Å². The average molecular weight is 317 g/mol. The summed E-state index contributed by atoms with van der Waals surface area (Å²) in [4.78, 5) is 0. The van der Waals surface area contributed by atoms with Gasteiger partial charge in [-0.1, -0.05) is 23.7 Å². The molecule has 1 aromatic carbocycles. The molecule has 6 heteroatoms. The molecule has 1 N–H and O–H groups in total. The molecule has 0 amide bonds. The van der Waals surface area contributed by atoms with Gasteiger partial charge in [-0.3, -0.25) is 0 Å². The van der Waals surface area contributed by atoms with E-state index >= 15 is 0 Å². The fourth-order valence-electron chi connectivity index (χ4n) is 2.18. The molecule has 0 bridgehead atoms. The van der Waals surface area contributed by atoms with E-state index in [2.05, 4.69) is 5.32 Å². The highest BCUT2D eigenvalue weighted by atomic mass is 35.5.